The Bertz CT molecular complexity index is 369. The first-order chi connectivity index (χ1) is 6.07. The molecule has 1 atom stereocenters. The number of aromatic amines is 1. The third-order valence-corrected chi connectivity index (χ3v) is 2.01. The molecule has 13 heavy (non-hydrogen) atoms. The molecule has 0 aliphatic heterocycles. The fraction of sp³-hybridized carbons (Fsp3) is 0.500. The van der Waals surface area contributed by atoms with Crippen molar-refractivity contribution in [2.75, 3.05) is 0 Å². The minimum Gasteiger partial charge on any atom is -0.388 e. The number of hydrogen-bond acceptors (Lipinski definition) is 4. The molecular weight excluding hydrogens is 192 g/mol. The highest BCUT2D eigenvalue weighted by atomic mass is 32.1. The standard InChI is InChI=1S/C6H10N4O2S/c1-3(5(7)12)10-4(2-11)8-9-6(10)13/h3,11H,2H2,1H3,(H2,7,12)(H,9,13). The molecule has 0 bridgehead atoms. The van der Waals surface area contributed by atoms with Gasteiger partial charge in [0.05, 0.1) is 0 Å². The van der Waals surface area contributed by atoms with Crippen LogP contribution in [0.25, 0.3) is 0 Å². The summed E-state index contributed by atoms with van der Waals surface area (Å²) < 4.78 is 1.66. The average molecular weight is 202 g/mol. The first-order valence-corrected chi connectivity index (χ1v) is 4.04. The molecule has 1 unspecified atom stereocenters. The molecule has 1 amide bonds. The van der Waals surface area contributed by atoms with E-state index in [1.165, 1.54) is 4.57 Å². The first kappa shape index (κ1) is 9.87. The summed E-state index contributed by atoms with van der Waals surface area (Å²) in [6.45, 7) is 1.30. The zero-order valence-electron chi connectivity index (χ0n) is 7.02. The molecule has 4 N–H and O–H groups in total. The zero-order chi connectivity index (χ0) is 10.0. The highest BCUT2D eigenvalue weighted by Gasteiger charge is 2.16. The summed E-state index contributed by atoms with van der Waals surface area (Å²) in [5.74, 6) is -0.219. The molecule has 7 heteroatoms. The molecule has 1 rings (SSSR count). The van der Waals surface area contributed by atoms with Crippen molar-refractivity contribution < 1.29 is 9.90 Å². The predicted molar refractivity (Wildman–Crippen MR) is 47.2 cm³/mol. The molecule has 1 aromatic heterocycles. The molecule has 6 nitrogen and oxygen atoms in total. The van der Waals surface area contributed by atoms with Gasteiger partial charge in [-0.25, -0.2) is 0 Å². The number of nitrogens with zero attached hydrogens (tertiary/aromatic N) is 2. The van der Waals surface area contributed by atoms with Gasteiger partial charge in [0.1, 0.15) is 12.6 Å². The number of amides is 1. The van der Waals surface area contributed by atoms with Crippen LogP contribution in [-0.4, -0.2) is 25.8 Å². The van der Waals surface area contributed by atoms with Crippen LogP contribution in [0.2, 0.25) is 0 Å². The van der Waals surface area contributed by atoms with E-state index in [0.29, 0.717) is 5.82 Å². The Morgan fingerprint density at radius 1 is 1.92 bits per heavy atom. The zero-order valence-corrected chi connectivity index (χ0v) is 7.84. The number of carbonyl (C=O) groups excluding carboxylic acids is 1. The van der Waals surface area contributed by atoms with Crippen LogP contribution in [0.3, 0.4) is 0 Å². The van der Waals surface area contributed by atoms with Crippen molar-refractivity contribution in [1.82, 2.24) is 14.8 Å². The van der Waals surface area contributed by atoms with Gasteiger partial charge in [-0.3, -0.25) is 14.5 Å². The highest BCUT2D eigenvalue weighted by molar-refractivity contribution is 7.71. The molecule has 0 radical (unpaired) electrons. The van der Waals surface area contributed by atoms with Crippen molar-refractivity contribution >= 4 is 18.1 Å². The summed E-state index contributed by atoms with van der Waals surface area (Å²) in [7, 11) is 0. The Hall–Kier alpha value is -1.21. The number of carbonyl (C=O) groups is 1. The summed E-state index contributed by atoms with van der Waals surface area (Å²) in [6, 6.07) is -0.603. The van der Waals surface area contributed by atoms with Crippen LogP contribution in [0.1, 0.15) is 18.8 Å². The molecule has 0 aliphatic rings. The van der Waals surface area contributed by atoms with Crippen LogP contribution >= 0.6 is 12.2 Å². The quantitative estimate of drug-likeness (QED) is 0.574. The van der Waals surface area contributed by atoms with Gasteiger partial charge in [0.2, 0.25) is 5.91 Å². The van der Waals surface area contributed by atoms with E-state index < -0.39 is 11.9 Å². The van der Waals surface area contributed by atoms with E-state index in [9.17, 15) is 4.79 Å². The number of nitrogens with one attached hydrogen (secondary N) is 1. The van der Waals surface area contributed by atoms with Gasteiger partial charge in [-0.15, -0.1) is 0 Å². The van der Waals surface area contributed by atoms with E-state index in [0.717, 1.165) is 0 Å². The van der Waals surface area contributed by atoms with Gasteiger partial charge in [-0.1, -0.05) is 0 Å². The number of aliphatic hydroxyl groups excluding tert-OH is 1. The van der Waals surface area contributed by atoms with Crippen LogP contribution in [0, 0.1) is 4.77 Å². The summed E-state index contributed by atoms with van der Waals surface area (Å²) >= 11 is 4.86. The van der Waals surface area contributed by atoms with Crippen molar-refractivity contribution in [2.45, 2.75) is 19.6 Å². The van der Waals surface area contributed by atoms with Crippen molar-refractivity contribution in [2.24, 2.45) is 5.73 Å². The number of H-pyrrole nitrogens is 1. The third-order valence-electron chi connectivity index (χ3n) is 1.72. The van der Waals surface area contributed by atoms with Crippen molar-refractivity contribution in [1.29, 1.82) is 0 Å². The maximum Gasteiger partial charge on any atom is 0.240 e. The fourth-order valence-electron chi connectivity index (χ4n) is 0.975. The predicted octanol–water partition coefficient (Wildman–Crippen LogP) is -0.521. The highest BCUT2D eigenvalue weighted by Crippen LogP contribution is 2.08. The molecule has 0 aromatic carbocycles. The van der Waals surface area contributed by atoms with Crippen LogP contribution in [0.4, 0.5) is 0 Å². The van der Waals surface area contributed by atoms with Gasteiger partial charge in [0, 0.05) is 0 Å². The molecule has 1 aromatic rings. The largest absolute Gasteiger partial charge is 0.388 e. The maximum atomic E-state index is 10.8. The molecule has 0 fully saturated rings. The number of hydrogen-bond donors (Lipinski definition) is 3. The minimum absolute atomic E-state index is 0.273. The molecule has 0 saturated carbocycles. The van der Waals surface area contributed by atoms with Gasteiger partial charge in [0.25, 0.3) is 0 Å². The van der Waals surface area contributed by atoms with Crippen LogP contribution < -0.4 is 5.73 Å². The van der Waals surface area contributed by atoms with Gasteiger partial charge in [0.15, 0.2) is 10.6 Å². The second-order valence-corrected chi connectivity index (χ2v) is 2.94. The second-order valence-electron chi connectivity index (χ2n) is 2.55. The van der Waals surface area contributed by atoms with Gasteiger partial charge in [-0.05, 0) is 19.1 Å². The van der Waals surface area contributed by atoms with Crippen LogP contribution in [-0.2, 0) is 11.4 Å². The topological polar surface area (TPSA) is 96.9 Å². The molecule has 1 heterocycles. The van der Waals surface area contributed by atoms with E-state index in [1.54, 1.807) is 6.92 Å². The second kappa shape index (κ2) is 3.67. The summed E-state index contributed by atoms with van der Waals surface area (Å²) in [5, 5.41) is 15.1. The van der Waals surface area contributed by atoms with Gasteiger partial charge < -0.3 is 10.8 Å². The summed E-state index contributed by atoms with van der Waals surface area (Å²) in [5.41, 5.74) is 5.09. The van der Waals surface area contributed by atoms with Gasteiger partial charge >= 0.3 is 0 Å². The molecule has 0 saturated heterocycles. The lowest BCUT2D eigenvalue weighted by molar-refractivity contribution is -0.120. The van der Waals surface area contributed by atoms with E-state index >= 15 is 0 Å². The maximum absolute atomic E-state index is 10.8. The Morgan fingerprint density at radius 2 is 2.54 bits per heavy atom. The molecule has 72 valence electrons. The monoisotopic (exact) mass is 202 g/mol. The number of aliphatic hydroxyl groups is 1. The van der Waals surface area contributed by atoms with E-state index in [-0.39, 0.29) is 11.4 Å². The lowest BCUT2D eigenvalue weighted by Gasteiger charge is -2.09. The minimum atomic E-state index is -0.603. The van der Waals surface area contributed by atoms with E-state index in [4.69, 9.17) is 23.1 Å². The number of rotatable bonds is 3. The number of primary amides is 1. The number of aromatic nitrogens is 3. The Balaban J connectivity index is 3.18. The fourth-order valence-corrected chi connectivity index (χ4v) is 1.28. The van der Waals surface area contributed by atoms with Crippen molar-refractivity contribution in [3.8, 4) is 0 Å². The Kier molecular flexibility index (Phi) is 2.79. The van der Waals surface area contributed by atoms with Crippen molar-refractivity contribution in [3.05, 3.63) is 10.6 Å². The normalized spacial score (nSPS) is 12.8. The summed E-state index contributed by atoms with van der Waals surface area (Å²) in [6.07, 6.45) is 0. The van der Waals surface area contributed by atoms with Crippen LogP contribution in [0.15, 0.2) is 0 Å². The molecule has 0 spiro atoms. The smallest absolute Gasteiger partial charge is 0.240 e. The van der Waals surface area contributed by atoms with Crippen molar-refractivity contribution in [3.63, 3.8) is 0 Å². The lowest BCUT2D eigenvalue weighted by atomic mass is 10.3. The van der Waals surface area contributed by atoms with Crippen LogP contribution in [0.5, 0.6) is 0 Å². The first-order valence-electron chi connectivity index (χ1n) is 3.64. The average Bonchev–Trinajstić information content (AvgIpc) is 2.45. The van der Waals surface area contributed by atoms with Gasteiger partial charge in [-0.2, -0.15) is 5.10 Å². The van der Waals surface area contributed by atoms with E-state index in [1.807, 2.05) is 0 Å². The number of nitrogens with two attached hydrogens (primary N) is 1. The SMILES string of the molecule is CC(C(N)=O)n1c(CO)n[nH]c1=S. The van der Waals surface area contributed by atoms with E-state index in [2.05, 4.69) is 10.2 Å². The third kappa shape index (κ3) is 1.76. The molecule has 0 aliphatic carbocycles. The summed E-state index contributed by atoms with van der Waals surface area (Å²) in [4.78, 5) is 10.8. The molecular formula is C6H10N4O2S. The lowest BCUT2D eigenvalue weighted by Crippen LogP contribution is -2.25. The Morgan fingerprint density at radius 3 is 3.00 bits per heavy atom. The Labute approximate surface area is 79.4 Å².